The number of carbonyl (C=O) groups is 1. The molecule has 2 aromatic carbocycles. The highest BCUT2D eigenvalue weighted by atomic mass is 32.1. The van der Waals surface area contributed by atoms with Crippen molar-refractivity contribution in [2.45, 2.75) is 38.3 Å². The first-order valence-corrected chi connectivity index (χ1v) is 11.9. The van der Waals surface area contributed by atoms with E-state index in [0.29, 0.717) is 13.0 Å². The van der Waals surface area contributed by atoms with Gasteiger partial charge in [0.2, 0.25) is 5.91 Å². The van der Waals surface area contributed by atoms with Crippen LogP contribution in [0.4, 0.5) is 0 Å². The normalized spacial score (nSPS) is 16.7. The van der Waals surface area contributed by atoms with E-state index in [0.717, 1.165) is 52.8 Å². The predicted octanol–water partition coefficient (Wildman–Crippen LogP) is 5.93. The van der Waals surface area contributed by atoms with Gasteiger partial charge in [-0.05, 0) is 43.5 Å². The number of piperidine rings is 1. The standard InChI is InChI=1S/C26H24N4OS/c27-15-7-16-29-18-19(20-8-1-3-10-22(20)29)13-14-25(31)30-17-6-5-11-23(30)26-28-21-9-2-4-12-24(21)32-26/h1-4,8-10,12-14,18,23H,5-7,11,16-17H2/b14-13+. The molecule has 1 aliphatic heterocycles. The Morgan fingerprint density at radius 2 is 2.03 bits per heavy atom. The molecule has 1 fully saturated rings. The topological polar surface area (TPSA) is 61.9 Å². The molecule has 2 aromatic heterocycles. The highest BCUT2D eigenvalue weighted by molar-refractivity contribution is 7.18. The van der Waals surface area contributed by atoms with Crippen molar-refractivity contribution in [1.82, 2.24) is 14.5 Å². The molecule has 1 atom stereocenters. The lowest BCUT2D eigenvalue weighted by molar-refractivity contribution is -0.129. The van der Waals surface area contributed by atoms with E-state index in [9.17, 15) is 4.79 Å². The van der Waals surface area contributed by atoms with Gasteiger partial charge in [0.15, 0.2) is 0 Å². The maximum Gasteiger partial charge on any atom is 0.247 e. The zero-order valence-electron chi connectivity index (χ0n) is 17.8. The Kier molecular flexibility index (Phi) is 5.74. The number of rotatable bonds is 5. The van der Waals surface area contributed by atoms with Gasteiger partial charge in [-0.25, -0.2) is 4.98 Å². The van der Waals surface area contributed by atoms with Crippen molar-refractivity contribution in [1.29, 1.82) is 5.26 Å². The minimum atomic E-state index is 0.0304. The number of nitriles is 1. The maximum absolute atomic E-state index is 13.3. The Hall–Kier alpha value is -3.43. The smallest absolute Gasteiger partial charge is 0.247 e. The summed E-state index contributed by atoms with van der Waals surface area (Å²) in [5, 5.41) is 11.1. The Bertz CT molecular complexity index is 1310. The van der Waals surface area contributed by atoms with Gasteiger partial charge in [0.1, 0.15) is 5.01 Å². The number of likely N-dealkylation sites (tertiary alicyclic amines) is 1. The molecule has 5 rings (SSSR count). The van der Waals surface area contributed by atoms with Crippen LogP contribution in [0.3, 0.4) is 0 Å². The summed E-state index contributed by atoms with van der Waals surface area (Å²) in [7, 11) is 0. The summed E-state index contributed by atoms with van der Waals surface area (Å²) in [6.45, 7) is 1.40. The first-order chi connectivity index (χ1) is 15.7. The molecule has 1 unspecified atom stereocenters. The van der Waals surface area contributed by atoms with Gasteiger partial charge in [0, 0.05) is 41.8 Å². The molecule has 6 heteroatoms. The lowest BCUT2D eigenvalue weighted by Crippen LogP contribution is -2.37. The quantitative estimate of drug-likeness (QED) is 0.361. The number of para-hydroxylation sites is 2. The highest BCUT2D eigenvalue weighted by Crippen LogP contribution is 2.36. The molecule has 0 bridgehead atoms. The minimum Gasteiger partial charge on any atom is -0.346 e. The number of aromatic nitrogens is 2. The van der Waals surface area contributed by atoms with Gasteiger partial charge in [0.25, 0.3) is 0 Å². The molecule has 0 N–H and O–H groups in total. The number of benzene rings is 2. The molecule has 1 amide bonds. The summed E-state index contributed by atoms with van der Waals surface area (Å²) in [4.78, 5) is 20.1. The molecular weight excluding hydrogens is 416 g/mol. The van der Waals surface area contributed by atoms with Gasteiger partial charge in [-0.2, -0.15) is 5.26 Å². The maximum atomic E-state index is 13.3. The third-order valence-electron chi connectivity index (χ3n) is 6.07. The van der Waals surface area contributed by atoms with Gasteiger partial charge in [-0.15, -0.1) is 11.3 Å². The molecule has 5 nitrogen and oxygen atoms in total. The van der Waals surface area contributed by atoms with Crippen LogP contribution in [-0.2, 0) is 11.3 Å². The summed E-state index contributed by atoms with van der Waals surface area (Å²) in [6, 6.07) is 18.5. The Labute approximate surface area is 191 Å². The van der Waals surface area contributed by atoms with Gasteiger partial charge in [-0.3, -0.25) is 4.79 Å². The minimum absolute atomic E-state index is 0.0304. The fraction of sp³-hybridized carbons (Fsp3) is 0.269. The average molecular weight is 441 g/mol. The van der Waals surface area contributed by atoms with Crippen LogP contribution in [0.2, 0.25) is 0 Å². The summed E-state index contributed by atoms with van der Waals surface area (Å²) >= 11 is 1.69. The third-order valence-corrected chi connectivity index (χ3v) is 7.21. The van der Waals surface area contributed by atoms with E-state index < -0.39 is 0 Å². The van der Waals surface area contributed by atoms with Crippen LogP contribution >= 0.6 is 11.3 Å². The second kappa shape index (κ2) is 8.97. The zero-order valence-corrected chi connectivity index (χ0v) is 18.6. The number of amides is 1. The fourth-order valence-corrected chi connectivity index (χ4v) is 5.62. The summed E-state index contributed by atoms with van der Waals surface area (Å²) in [5.74, 6) is 0.0304. The number of fused-ring (bicyclic) bond motifs is 2. The molecule has 0 saturated carbocycles. The molecule has 0 radical (unpaired) electrons. The number of aryl methyl sites for hydroxylation is 1. The molecular formula is C26H24N4OS. The van der Waals surface area contributed by atoms with E-state index in [-0.39, 0.29) is 11.9 Å². The lowest BCUT2D eigenvalue weighted by atomic mass is 10.0. The summed E-state index contributed by atoms with van der Waals surface area (Å²) in [5.41, 5.74) is 3.09. The van der Waals surface area contributed by atoms with Crippen molar-refractivity contribution in [3.8, 4) is 6.07 Å². The zero-order chi connectivity index (χ0) is 21.9. The van der Waals surface area contributed by atoms with Crippen molar-refractivity contribution >= 4 is 44.4 Å². The first-order valence-electron chi connectivity index (χ1n) is 11.0. The van der Waals surface area contributed by atoms with Crippen LogP contribution in [0.15, 0.2) is 60.8 Å². The molecule has 32 heavy (non-hydrogen) atoms. The average Bonchev–Trinajstić information content (AvgIpc) is 3.43. The molecule has 0 aliphatic carbocycles. The van der Waals surface area contributed by atoms with Crippen LogP contribution in [0.1, 0.15) is 42.3 Å². The number of thiazole rings is 1. The third kappa shape index (κ3) is 3.92. The SMILES string of the molecule is N#CCCn1cc(/C=C/C(=O)N2CCCCC2c2nc3ccccc3s2)c2ccccc21. The molecule has 1 saturated heterocycles. The molecule has 4 aromatic rings. The van der Waals surface area contributed by atoms with E-state index in [1.807, 2.05) is 47.5 Å². The van der Waals surface area contributed by atoms with Crippen molar-refractivity contribution in [3.05, 3.63) is 71.4 Å². The number of nitrogens with zero attached hydrogens (tertiary/aromatic N) is 4. The van der Waals surface area contributed by atoms with Gasteiger partial charge in [-0.1, -0.05) is 30.3 Å². The van der Waals surface area contributed by atoms with E-state index in [1.54, 1.807) is 17.4 Å². The lowest BCUT2D eigenvalue weighted by Gasteiger charge is -2.33. The predicted molar refractivity (Wildman–Crippen MR) is 129 cm³/mol. The number of carbonyl (C=O) groups excluding carboxylic acids is 1. The summed E-state index contributed by atoms with van der Waals surface area (Å²) in [6.07, 6.45) is 9.19. The largest absolute Gasteiger partial charge is 0.346 e. The number of hydrogen-bond donors (Lipinski definition) is 0. The van der Waals surface area contributed by atoms with Crippen molar-refractivity contribution < 1.29 is 4.79 Å². The second-order valence-electron chi connectivity index (χ2n) is 8.10. The highest BCUT2D eigenvalue weighted by Gasteiger charge is 2.29. The van der Waals surface area contributed by atoms with Gasteiger partial charge in [0.05, 0.1) is 28.7 Å². The Morgan fingerprint density at radius 1 is 1.19 bits per heavy atom. The van der Waals surface area contributed by atoms with E-state index in [4.69, 9.17) is 10.2 Å². The summed E-state index contributed by atoms with van der Waals surface area (Å²) < 4.78 is 3.26. The van der Waals surface area contributed by atoms with E-state index >= 15 is 0 Å². The fourth-order valence-electron chi connectivity index (χ4n) is 4.50. The van der Waals surface area contributed by atoms with Crippen molar-refractivity contribution in [2.75, 3.05) is 6.54 Å². The van der Waals surface area contributed by atoms with E-state index in [1.165, 1.54) is 4.70 Å². The molecule has 1 aliphatic rings. The number of hydrogen-bond acceptors (Lipinski definition) is 4. The molecule has 160 valence electrons. The monoisotopic (exact) mass is 440 g/mol. The van der Waals surface area contributed by atoms with Gasteiger partial charge < -0.3 is 9.47 Å². The molecule has 0 spiro atoms. The van der Waals surface area contributed by atoms with Crippen molar-refractivity contribution in [3.63, 3.8) is 0 Å². The first kappa shape index (κ1) is 20.5. The van der Waals surface area contributed by atoms with E-state index in [2.05, 4.69) is 28.8 Å². The van der Waals surface area contributed by atoms with Crippen molar-refractivity contribution in [2.24, 2.45) is 0 Å². The van der Waals surface area contributed by atoms with Crippen LogP contribution < -0.4 is 0 Å². The molecule has 3 heterocycles. The second-order valence-corrected chi connectivity index (χ2v) is 9.16. The Morgan fingerprint density at radius 3 is 2.91 bits per heavy atom. The van der Waals surface area contributed by atoms with Crippen LogP contribution in [0, 0.1) is 11.3 Å². The van der Waals surface area contributed by atoms with Crippen LogP contribution in [-0.4, -0.2) is 26.9 Å². The van der Waals surface area contributed by atoms with Crippen LogP contribution in [0.5, 0.6) is 0 Å². The van der Waals surface area contributed by atoms with Gasteiger partial charge >= 0.3 is 0 Å². The Balaban J connectivity index is 1.41. The van der Waals surface area contributed by atoms with Crippen LogP contribution in [0.25, 0.3) is 27.2 Å².